The molecule has 3 rings (SSSR count). The van der Waals surface area contributed by atoms with Crippen LogP contribution in [0.5, 0.6) is 5.75 Å². The van der Waals surface area contributed by atoms with Crippen LogP contribution >= 0.6 is 0 Å². The third-order valence-electron chi connectivity index (χ3n) is 3.93. The van der Waals surface area contributed by atoms with Crippen molar-refractivity contribution in [3.05, 3.63) is 102 Å². The summed E-state index contributed by atoms with van der Waals surface area (Å²) in [4.78, 5) is 0. The molecule has 0 radical (unpaired) electrons. The Kier molecular flexibility index (Phi) is 6.04. The highest BCUT2D eigenvalue weighted by molar-refractivity contribution is 7.89. The molecule has 3 aromatic carbocycles. The van der Waals surface area contributed by atoms with E-state index >= 15 is 0 Å². The molecule has 0 atom stereocenters. The lowest BCUT2D eigenvalue weighted by Crippen LogP contribution is -2.33. The Morgan fingerprint density at radius 1 is 0.731 bits per heavy atom. The van der Waals surface area contributed by atoms with Crippen LogP contribution in [0.25, 0.3) is 0 Å². The van der Waals surface area contributed by atoms with Crippen LogP contribution in [0, 0.1) is 0 Å². The molecule has 0 aliphatic heterocycles. The molecule has 0 unspecified atom stereocenters. The normalized spacial score (nSPS) is 11.4. The number of benzene rings is 3. The molecule has 134 valence electrons. The Hall–Kier alpha value is -2.63. The van der Waals surface area contributed by atoms with Gasteiger partial charge < -0.3 is 4.74 Å². The van der Waals surface area contributed by atoms with Crippen molar-refractivity contribution in [3.63, 3.8) is 0 Å². The number of para-hydroxylation sites is 1. The van der Waals surface area contributed by atoms with Gasteiger partial charge in [0.2, 0.25) is 10.0 Å². The van der Waals surface area contributed by atoms with Gasteiger partial charge in [-0.15, -0.1) is 0 Å². The maximum atomic E-state index is 12.6. The Bertz CT molecular complexity index is 858. The third kappa shape index (κ3) is 5.18. The van der Waals surface area contributed by atoms with Gasteiger partial charge in [0, 0.05) is 0 Å². The molecule has 0 amide bonds. The topological polar surface area (TPSA) is 55.4 Å². The van der Waals surface area contributed by atoms with Crippen molar-refractivity contribution in [2.24, 2.45) is 0 Å². The lowest BCUT2D eigenvalue weighted by atomic mass is 10.00. The van der Waals surface area contributed by atoms with Crippen LogP contribution in [0.1, 0.15) is 17.2 Å². The van der Waals surface area contributed by atoms with E-state index in [1.165, 1.54) is 0 Å². The highest BCUT2D eigenvalue weighted by Crippen LogP contribution is 2.22. The number of hydrogen-bond acceptors (Lipinski definition) is 3. The number of rotatable bonds is 8. The summed E-state index contributed by atoms with van der Waals surface area (Å²) >= 11 is 0. The summed E-state index contributed by atoms with van der Waals surface area (Å²) < 4.78 is 33.5. The van der Waals surface area contributed by atoms with Crippen LogP contribution < -0.4 is 9.46 Å². The molecular weight excluding hydrogens is 346 g/mol. The molecule has 0 spiro atoms. The average molecular weight is 367 g/mol. The molecule has 0 heterocycles. The van der Waals surface area contributed by atoms with Crippen molar-refractivity contribution in [3.8, 4) is 5.75 Å². The molecule has 0 saturated heterocycles. The number of ether oxygens (including phenoxy) is 1. The second-order valence-corrected chi connectivity index (χ2v) is 7.73. The lowest BCUT2D eigenvalue weighted by molar-refractivity contribution is 0.340. The lowest BCUT2D eigenvalue weighted by Gasteiger charge is -2.20. The zero-order valence-corrected chi connectivity index (χ0v) is 15.1. The summed E-state index contributed by atoms with van der Waals surface area (Å²) in [6.45, 7) is 0.0929. The Morgan fingerprint density at radius 3 is 1.69 bits per heavy atom. The van der Waals surface area contributed by atoms with Crippen LogP contribution in [0.15, 0.2) is 91.0 Å². The summed E-state index contributed by atoms with van der Waals surface area (Å²) in [5.41, 5.74) is 1.79. The molecule has 5 heteroatoms. The predicted octanol–water partition coefficient (Wildman–Crippen LogP) is 3.77. The molecule has 0 saturated carbocycles. The van der Waals surface area contributed by atoms with Crippen molar-refractivity contribution in [1.29, 1.82) is 0 Å². The molecule has 0 fully saturated rings. The van der Waals surface area contributed by atoms with Gasteiger partial charge in [-0.1, -0.05) is 78.9 Å². The van der Waals surface area contributed by atoms with Gasteiger partial charge in [0.25, 0.3) is 0 Å². The largest absolute Gasteiger partial charge is 0.492 e. The van der Waals surface area contributed by atoms with E-state index in [9.17, 15) is 8.42 Å². The Morgan fingerprint density at radius 2 is 1.19 bits per heavy atom. The van der Waals surface area contributed by atoms with Gasteiger partial charge in [0.05, 0.1) is 11.8 Å². The SMILES string of the molecule is O=S(=O)(CCOc1ccccc1)NC(c1ccccc1)c1ccccc1. The maximum Gasteiger partial charge on any atom is 0.215 e. The van der Waals surface area contributed by atoms with E-state index in [-0.39, 0.29) is 12.4 Å². The van der Waals surface area contributed by atoms with Gasteiger partial charge in [-0.3, -0.25) is 0 Å². The van der Waals surface area contributed by atoms with Crippen LogP contribution in [0.2, 0.25) is 0 Å². The minimum Gasteiger partial charge on any atom is -0.492 e. The van der Waals surface area contributed by atoms with E-state index in [1.807, 2.05) is 78.9 Å². The van der Waals surface area contributed by atoms with Crippen molar-refractivity contribution < 1.29 is 13.2 Å². The molecule has 0 aliphatic carbocycles. The first-order valence-electron chi connectivity index (χ1n) is 8.42. The van der Waals surface area contributed by atoms with E-state index in [2.05, 4.69) is 4.72 Å². The predicted molar refractivity (Wildman–Crippen MR) is 104 cm³/mol. The third-order valence-corrected chi connectivity index (χ3v) is 5.23. The number of sulfonamides is 1. The first-order valence-corrected chi connectivity index (χ1v) is 10.1. The first kappa shape index (κ1) is 18.2. The van der Waals surface area contributed by atoms with Crippen LogP contribution in [-0.2, 0) is 10.0 Å². The summed E-state index contributed by atoms with van der Waals surface area (Å²) in [5, 5.41) is 0. The van der Waals surface area contributed by atoms with Crippen LogP contribution in [-0.4, -0.2) is 20.8 Å². The van der Waals surface area contributed by atoms with Gasteiger partial charge in [0.1, 0.15) is 12.4 Å². The van der Waals surface area contributed by atoms with Crippen molar-refractivity contribution in [2.45, 2.75) is 6.04 Å². The van der Waals surface area contributed by atoms with Crippen molar-refractivity contribution in [1.82, 2.24) is 4.72 Å². The van der Waals surface area contributed by atoms with E-state index in [0.717, 1.165) is 11.1 Å². The van der Waals surface area contributed by atoms with Gasteiger partial charge >= 0.3 is 0 Å². The smallest absolute Gasteiger partial charge is 0.215 e. The molecule has 26 heavy (non-hydrogen) atoms. The minimum atomic E-state index is -3.52. The van der Waals surface area contributed by atoms with Crippen molar-refractivity contribution >= 4 is 10.0 Å². The van der Waals surface area contributed by atoms with Gasteiger partial charge in [-0.25, -0.2) is 13.1 Å². The summed E-state index contributed by atoms with van der Waals surface area (Å²) in [5.74, 6) is 0.545. The molecule has 0 aliphatic rings. The summed E-state index contributed by atoms with van der Waals surface area (Å²) in [6.07, 6.45) is 0. The van der Waals surface area contributed by atoms with E-state index in [0.29, 0.717) is 5.75 Å². The zero-order valence-electron chi connectivity index (χ0n) is 14.3. The number of nitrogens with one attached hydrogen (secondary N) is 1. The van der Waals surface area contributed by atoms with Gasteiger partial charge in [-0.05, 0) is 23.3 Å². The second kappa shape index (κ2) is 8.65. The Labute approximate surface area is 154 Å². The zero-order chi connectivity index (χ0) is 18.2. The standard InChI is InChI=1S/C21H21NO3S/c23-26(24,17-16-25-20-14-8-3-9-15-20)22-21(18-10-4-1-5-11-18)19-12-6-2-7-13-19/h1-15,21-22H,16-17H2. The summed E-state index contributed by atoms with van der Waals surface area (Å²) in [7, 11) is -3.52. The fourth-order valence-electron chi connectivity index (χ4n) is 2.64. The average Bonchev–Trinajstić information content (AvgIpc) is 2.68. The van der Waals surface area contributed by atoms with E-state index in [1.54, 1.807) is 12.1 Å². The van der Waals surface area contributed by atoms with E-state index < -0.39 is 16.1 Å². The maximum absolute atomic E-state index is 12.6. The first-order chi connectivity index (χ1) is 12.6. The second-order valence-electron chi connectivity index (χ2n) is 5.85. The fraction of sp³-hybridized carbons (Fsp3) is 0.143. The van der Waals surface area contributed by atoms with Gasteiger partial charge in [-0.2, -0.15) is 0 Å². The number of hydrogen-bond donors (Lipinski definition) is 1. The molecule has 3 aromatic rings. The highest BCUT2D eigenvalue weighted by atomic mass is 32.2. The molecule has 1 N–H and O–H groups in total. The Balaban J connectivity index is 1.71. The van der Waals surface area contributed by atoms with Gasteiger partial charge in [0.15, 0.2) is 0 Å². The molecule has 4 nitrogen and oxygen atoms in total. The molecule has 0 aromatic heterocycles. The minimum absolute atomic E-state index is 0.0929. The quantitative estimate of drug-likeness (QED) is 0.659. The van der Waals surface area contributed by atoms with Crippen molar-refractivity contribution in [2.75, 3.05) is 12.4 Å². The molecular formula is C21H21NO3S. The summed E-state index contributed by atoms with van der Waals surface area (Å²) in [6, 6.07) is 27.9. The van der Waals surface area contributed by atoms with Crippen LogP contribution in [0.3, 0.4) is 0 Å². The van der Waals surface area contributed by atoms with Crippen LogP contribution in [0.4, 0.5) is 0 Å². The monoisotopic (exact) mass is 367 g/mol. The highest BCUT2D eigenvalue weighted by Gasteiger charge is 2.21. The molecule has 0 bridgehead atoms. The fourth-order valence-corrected chi connectivity index (χ4v) is 3.70. The van der Waals surface area contributed by atoms with E-state index in [4.69, 9.17) is 4.74 Å².